The summed E-state index contributed by atoms with van der Waals surface area (Å²) < 4.78 is 4.50. The second kappa shape index (κ2) is 3.17. The van der Waals surface area contributed by atoms with Gasteiger partial charge in [0.2, 0.25) is 12.1 Å². The van der Waals surface area contributed by atoms with Crippen LogP contribution in [-0.4, -0.2) is 30.3 Å². The highest BCUT2D eigenvalue weighted by Gasteiger charge is 2.31. The molecule has 1 amide bonds. The van der Waals surface area contributed by atoms with Gasteiger partial charge in [0.15, 0.2) is 0 Å². The lowest BCUT2D eigenvalue weighted by Gasteiger charge is -2.21. The molecule has 0 aromatic rings. The van der Waals surface area contributed by atoms with Crippen molar-refractivity contribution in [3.63, 3.8) is 0 Å². The van der Waals surface area contributed by atoms with Gasteiger partial charge in [0, 0.05) is 7.11 Å². The van der Waals surface area contributed by atoms with Crippen LogP contribution in [0.3, 0.4) is 0 Å². The van der Waals surface area contributed by atoms with Gasteiger partial charge in [0.05, 0.1) is 0 Å². The van der Waals surface area contributed by atoms with Gasteiger partial charge in [0.25, 0.3) is 0 Å². The highest BCUT2D eigenvalue weighted by Crippen LogP contribution is 2.01. The summed E-state index contributed by atoms with van der Waals surface area (Å²) in [5.41, 5.74) is -1.61. The predicted octanol–water partition coefficient (Wildman–Crippen LogP) is -0.820. The van der Waals surface area contributed by atoms with Crippen LogP contribution in [0.1, 0.15) is 6.92 Å². The quantitative estimate of drug-likeness (QED) is 0.402. The van der Waals surface area contributed by atoms with Crippen LogP contribution in [0.15, 0.2) is 0 Å². The summed E-state index contributed by atoms with van der Waals surface area (Å²) >= 11 is 0. The van der Waals surface area contributed by atoms with Gasteiger partial charge in [-0.1, -0.05) is 0 Å². The molecule has 0 spiro atoms. The Kier molecular flexibility index (Phi) is 2.82. The molecule has 0 aromatic carbocycles. The lowest BCUT2D eigenvalue weighted by atomic mass is 10.3. The Balaban J connectivity index is 4.21. The lowest BCUT2D eigenvalue weighted by molar-refractivity contribution is -0.165. The molecule has 5 nitrogen and oxygen atoms in total. The average molecular weight is 147 g/mol. The van der Waals surface area contributed by atoms with E-state index in [1.165, 1.54) is 14.0 Å². The van der Waals surface area contributed by atoms with E-state index in [0.29, 0.717) is 0 Å². The Morgan fingerprint density at radius 1 is 1.80 bits per heavy atom. The molecule has 0 aliphatic heterocycles. The first-order chi connectivity index (χ1) is 4.56. The molecular weight excluding hydrogens is 138 g/mol. The zero-order valence-corrected chi connectivity index (χ0v) is 5.75. The number of carboxylic acid groups (broad SMARTS) is 1. The van der Waals surface area contributed by atoms with Crippen molar-refractivity contribution >= 4 is 12.4 Å². The maximum absolute atomic E-state index is 10.3. The van der Waals surface area contributed by atoms with Crippen molar-refractivity contribution in [2.45, 2.75) is 12.6 Å². The van der Waals surface area contributed by atoms with Gasteiger partial charge in [0.1, 0.15) is 0 Å². The number of carboxylic acids is 1. The van der Waals surface area contributed by atoms with Crippen LogP contribution < -0.4 is 5.32 Å². The van der Waals surface area contributed by atoms with E-state index in [2.05, 4.69) is 4.74 Å². The number of ether oxygens (including phenoxy) is 1. The lowest BCUT2D eigenvalue weighted by Crippen LogP contribution is -2.50. The van der Waals surface area contributed by atoms with E-state index in [9.17, 15) is 9.59 Å². The first-order valence-corrected chi connectivity index (χ1v) is 2.56. The van der Waals surface area contributed by atoms with Crippen molar-refractivity contribution in [3.05, 3.63) is 0 Å². The maximum atomic E-state index is 10.3. The molecule has 0 saturated carbocycles. The summed E-state index contributed by atoms with van der Waals surface area (Å²) in [5.74, 6) is -1.23. The Labute approximate surface area is 58.0 Å². The molecule has 58 valence electrons. The van der Waals surface area contributed by atoms with Gasteiger partial charge in [-0.05, 0) is 6.92 Å². The zero-order chi connectivity index (χ0) is 8.20. The van der Waals surface area contributed by atoms with Crippen molar-refractivity contribution < 1.29 is 19.4 Å². The molecule has 0 heterocycles. The first-order valence-electron chi connectivity index (χ1n) is 2.56. The van der Waals surface area contributed by atoms with E-state index in [1.807, 2.05) is 5.32 Å². The van der Waals surface area contributed by atoms with Crippen molar-refractivity contribution in [1.82, 2.24) is 5.32 Å². The number of carbonyl (C=O) groups is 2. The van der Waals surface area contributed by atoms with E-state index >= 15 is 0 Å². The average Bonchev–Trinajstić information content (AvgIpc) is 1.88. The molecule has 2 N–H and O–H groups in total. The summed E-state index contributed by atoms with van der Waals surface area (Å²) in [7, 11) is 1.20. The number of hydrogen-bond acceptors (Lipinski definition) is 3. The summed E-state index contributed by atoms with van der Waals surface area (Å²) in [6, 6.07) is 0. The van der Waals surface area contributed by atoms with E-state index in [4.69, 9.17) is 5.11 Å². The summed E-state index contributed by atoms with van der Waals surface area (Å²) in [4.78, 5) is 20.1. The predicted molar refractivity (Wildman–Crippen MR) is 32.2 cm³/mol. The largest absolute Gasteiger partial charge is 0.478 e. The smallest absolute Gasteiger partial charge is 0.357 e. The summed E-state index contributed by atoms with van der Waals surface area (Å²) in [6.45, 7) is 1.24. The Morgan fingerprint density at radius 3 is 2.40 bits per heavy atom. The fraction of sp³-hybridized carbons (Fsp3) is 0.600. The fourth-order valence-electron chi connectivity index (χ4n) is 0.320. The number of amides is 1. The highest BCUT2D eigenvalue weighted by molar-refractivity contribution is 5.78. The van der Waals surface area contributed by atoms with Crippen molar-refractivity contribution in [2.24, 2.45) is 0 Å². The molecular formula is C5H9NO4. The molecule has 0 bridgehead atoms. The van der Waals surface area contributed by atoms with Crippen LogP contribution in [0.25, 0.3) is 0 Å². The minimum Gasteiger partial charge on any atom is -0.478 e. The van der Waals surface area contributed by atoms with Crippen LogP contribution in [0.4, 0.5) is 0 Å². The van der Waals surface area contributed by atoms with E-state index in [1.54, 1.807) is 0 Å². The van der Waals surface area contributed by atoms with Crippen LogP contribution in [0.5, 0.6) is 0 Å². The molecule has 0 unspecified atom stereocenters. The SMILES string of the molecule is CO[C@@](C)(NC=O)C(=O)O. The molecule has 0 saturated heterocycles. The number of methoxy groups -OCH3 is 1. The van der Waals surface area contributed by atoms with Crippen LogP contribution in [0, 0.1) is 0 Å². The Morgan fingerprint density at radius 2 is 2.30 bits per heavy atom. The molecule has 0 aliphatic rings. The first kappa shape index (κ1) is 8.90. The second-order valence-corrected chi connectivity index (χ2v) is 1.80. The van der Waals surface area contributed by atoms with Crippen LogP contribution >= 0.6 is 0 Å². The fourth-order valence-corrected chi connectivity index (χ4v) is 0.320. The van der Waals surface area contributed by atoms with Gasteiger partial charge < -0.3 is 15.2 Å². The Hall–Kier alpha value is -1.10. The third kappa shape index (κ3) is 1.70. The van der Waals surface area contributed by atoms with Crippen molar-refractivity contribution in [2.75, 3.05) is 7.11 Å². The summed E-state index contributed by atoms with van der Waals surface area (Å²) in [5, 5.41) is 10.4. The van der Waals surface area contributed by atoms with E-state index in [0.717, 1.165) is 0 Å². The second-order valence-electron chi connectivity index (χ2n) is 1.80. The third-order valence-corrected chi connectivity index (χ3v) is 1.15. The van der Waals surface area contributed by atoms with Crippen molar-refractivity contribution in [3.8, 4) is 0 Å². The Bertz CT molecular complexity index is 147. The van der Waals surface area contributed by atoms with Gasteiger partial charge in [-0.15, -0.1) is 0 Å². The molecule has 5 heteroatoms. The molecule has 0 fully saturated rings. The molecule has 0 rings (SSSR count). The number of hydrogen-bond donors (Lipinski definition) is 2. The maximum Gasteiger partial charge on any atom is 0.357 e. The zero-order valence-electron chi connectivity index (χ0n) is 5.75. The third-order valence-electron chi connectivity index (χ3n) is 1.15. The highest BCUT2D eigenvalue weighted by atomic mass is 16.5. The normalized spacial score (nSPS) is 15.4. The van der Waals surface area contributed by atoms with Crippen LogP contribution in [0.2, 0.25) is 0 Å². The minimum absolute atomic E-state index is 0.275. The van der Waals surface area contributed by atoms with E-state index < -0.39 is 11.7 Å². The number of rotatable bonds is 4. The topological polar surface area (TPSA) is 75.6 Å². The van der Waals surface area contributed by atoms with Crippen LogP contribution in [-0.2, 0) is 14.3 Å². The minimum atomic E-state index is -1.61. The van der Waals surface area contributed by atoms with Gasteiger partial charge >= 0.3 is 5.97 Å². The molecule has 0 aliphatic carbocycles. The molecule has 0 aromatic heterocycles. The van der Waals surface area contributed by atoms with Crippen molar-refractivity contribution in [1.29, 1.82) is 0 Å². The monoisotopic (exact) mass is 147 g/mol. The standard InChI is InChI=1S/C5H9NO4/c1-5(10-2,4(8)9)6-3-7/h3H,1-2H3,(H,6,7)(H,8,9)/t5-/m1/s1. The number of nitrogens with one attached hydrogen (secondary N) is 1. The van der Waals surface area contributed by atoms with Gasteiger partial charge in [-0.3, -0.25) is 4.79 Å². The summed E-state index contributed by atoms with van der Waals surface area (Å²) in [6.07, 6.45) is 0.275. The molecule has 0 radical (unpaired) electrons. The van der Waals surface area contributed by atoms with Gasteiger partial charge in [-0.25, -0.2) is 4.79 Å². The van der Waals surface area contributed by atoms with Gasteiger partial charge in [-0.2, -0.15) is 0 Å². The van der Waals surface area contributed by atoms with E-state index in [-0.39, 0.29) is 6.41 Å². The number of aliphatic carboxylic acids is 1. The molecule has 1 atom stereocenters. The molecule has 10 heavy (non-hydrogen) atoms. The number of carbonyl (C=O) groups excluding carboxylic acids is 1.